The zero-order valence-corrected chi connectivity index (χ0v) is 14.3. The molecular weight excluding hydrogens is 330 g/mol. The molecular formula is C19H19N5O2. The largest absolute Gasteiger partial charge is 0.379 e. The second kappa shape index (κ2) is 6.73. The fourth-order valence-electron chi connectivity index (χ4n) is 3.69. The Labute approximate surface area is 151 Å². The van der Waals surface area contributed by atoms with Crippen LogP contribution in [0.25, 0.3) is 0 Å². The molecule has 0 spiro atoms. The van der Waals surface area contributed by atoms with E-state index in [4.69, 9.17) is 4.74 Å². The first-order chi connectivity index (χ1) is 12.7. The van der Waals surface area contributed by atoms with Crippen molar-refractivity contribution in [2.75, 3.05) is 13.2 Å². The minimum atomic E-state index is -0.572. The Morgan fingerprint density at radius 3 is 3.00 bits per heavy atom. The Morgan fingerprint density at radius 2 is 2.27 bits per heavy atom. The molecule has 3 aliphatic rings. The van der Waals surface area contributed by atoms with E-state index in [0.717, 1.165) is 24.2 Å². The Kier molecular flexibility index (Phi) is 4.27. The number of hydrazine groups is 1. The molecule has 0 saturated carbocycles. The molecule has 1 amide bonds. The van der Waals surface area contributed by atoms with Gasteiger partial charge >= 0.3 is 0 Å². The van der Waals surface area contributed by atoms with Gasteiger partial charge < -0.3 is 4.74 Å². The number of nitrogens with zero attached hydrogens (tertiary/aromatic N) is 4. The molecule has 7 nitrogen and oxygen atoms in total. The molecule has 2 fully saturated rings. The SMILES string of the molecule is N#CC[C@@]1(N2NC(=Nc3ccccc3)C3C(=O)N=CC=C32)CCCOC1. The summed E-state index contributed by atoms with van der Waals surface area (Å²) in [6, 6.07) is 11.8. The van der Waals surface area contributed by atoms with Gasteiger partial charge in [0.1, 0.15) is 11.8 Å². The number of amides is 1. The maximum atomic E-state index is 12.5. The number of nitriles is 1. The second-order valence-electron chi connectivity index (χ2n) is 6.64. The average Bonchev–Trinajstić information content (AvgIpc) is 3.04. The maximum Gasteiger partial charge on any atom is 0.262 e. The van der Waals surface area contributed by atoms with Gasteiger partial charge in [0, 0.05) is 12.8 Å². The highest BCUT2D eigenvalue weighted by atomic mass is 16.5. The van der Waals surface area contributed by atoms with E-state index in [1.165, 1.54) is 6.21 Å². The molecule has 0 aliphatic carbocycles. The van der Waals surface area contributed by atoms with Gasteiger partial charge in [-0.25, -0.2) is 9.98 Å². The molecule has 3 aliphatic heterocycles. The van der Waals surface area contributed by atoms with E-state index >= 15 is 0 Å². The van der Waals surface area contributed by atoms with Crippen molar-refractivity contribution in [2.45, 2.75) is 24.8 Å². The lowest BCUT2D eigenvalue weighted by atomic mass is 9.87. The number of dihydropyridines is 1. The number of aliphatic imine (C=N–C) groups is 2. The van der Waals surface area contributed by atoms with E-state index in [2.05, 4.69) is 21.5 Å². The van der Waals surface area contributed by atoms with Crippen molar-refractivity contribution in [1.82, 2.24) is 10.4 Å². The number of carbonyl (C=O) groups excluding carboxylic acids is 1. The second-order valence-corrected chi connectivity index (χ2v) is 6.64. The van der Waals surface area contributed by atoms with Crippen LogP contribution in [0.15, 0.2) is 52.1 Å². The van der Waals surface area contributed by atoms with Gasteiger partial charge in [0.2, 0.25) is 0 Å². The van der Waals surface area contributed by atoms with Crippen LogP contribution >= 0.6 is 0 Å². The fourth-order valence-corrected chi connectivity index (χ4v) is 3.69. The lowest BCUT2D eigenvalue weighted by Gasteiger charge is -2.44. The normalized spacial score (nSPS) is 29.1. The molecule has 0 bridgehead atoms. The van der Waals surface area contributed by atoms with Gasteiger partial charge in [0.25, 0.3) is 5.91 Å². The van der Waals surface area contributed by atoms with Crippen LogP contribution in [0, 0.1) is 17.2 Å². The Bertz CT molecular complexity index is 831. The zero-order valence-electron chi connectivity index (χ0n) is 14.3. The first-order valence-electron chi connectivity index (χ1n) is 8.67. The van der Waals surface area contributed by atoms with Crippen LogP contribution in [0.1, 0.15) is 19.3 Å². The van der Waals surface area contributed by atoms with Gasteiger partial charge in [-0.1, -0.05) is 18.2 Å². The summed E-state index contributed by atoms with van der Waals surface area (Å²) in [5, 5.41) is 11.3. The average molecular weight is 349 g/mol. The van der Waals surface area contributed by atoms with Gasteiger partial charge in [-0.3, -0.25) is 15.2 Å². The minimum absolute atomic E-state index is 0.254. The number of hydrogen-bond acceptors (Lipinski definition) is 5. The summed E-state index contributed by atoms with van der Waals surface area (Å²) in [7, 11) is 0. The summed E-state index contributed by atoms with van der Waals surface area (Å²) in [6.07, 6.45) is 5.30. The zero-order chi connectivity index (χ0) is 18.0. The third-order valence-corrected chi connectivity index (χ3v) is 4.94. The number of para-hydroxylation sites is 1. The van der Waals surface area contributed by atoms with Crippen LogP contribution in [0.2, 0.25) is 0 Å². The van der Waals surface area contributed by atoms with Crippen LogP contribution in [-0.2, 0) is 9.53 Å². The van der Waals surface area contributed by atoms with Crippen molar-refractivity contribution < 1.29 is 9.53 Å². The first-order valence-corrected chi connectivity index (χ1v) is 8.67. The third-order valence-electron chi connectivity index (χ3n) is 4.94. The topological polar surface area (TPSA) is 90.1 Å². The number of rotatable bonds is 3. The molecule has 3 heterocycles. The minimum Gasteiger partial charge on any atom is -0.379 e. The Balaban J connectivity index is 1.75. The van der Waals surface area contributed by atoms with Gasteiger partial charge in [0.15, 0.2) is 0 Å². The van der Waals surface area contributed by atoms with Crippen molar-refractivity contribution in [2.24, 2.45) is 15.9 Å². The van der Waals surface area contributed by atoms with E-state index in [-0.39, 0.29) is 5.91 Å². The smallest absolute Gasteiger partial charge is 0.262 e. The van der Waals surface area contributed by atoms with E-state index in [9.17, 15) is 10.1 Å². The fraction of sp³-hybridized carbons (Fsp3) is 0.368. The van der Waals surface area contributed by atoms with Gasteiger partial charge in [-0.05, 0) is 31.1 Å². The molecule has 2 saturated heterocycles. The van der Waals surface area contributed by atoms with Crippen LogP contribution in [0.4, 0.5) is 5.69 Å². The molecule has 0 radical (unpaired) electrons. The maximum absolute atomic E-state index is 12.5. The predicted octanol–water partition coefficient (Wildman–Crippen LogP) is 2.11. The van der Waals surface area contributed by atoms with E-state index < -0.39 is 11.5 Å². The number of hydrogen-bond donors (Lipinski definition) is 1. The van der Waals surface area contributed by atoms with Crippen molar-refractivity contribution in [3.8, 4) is 6.07 Å². The lowest BCUT2D eigenvalue weighted by Crippen LogP contribution is -2.56. The van der Waals surface area contributed by atoms with E-state index in [0.29, 0.717) is 25.5 Å². The Morgan fingerprint density at radius 1 is 1.42 bits per heavy atom. The van der Waals surface area contributed by atoms with Crippen LogP contribution in [0.5, 0.6) is 0 Å². The third kappa shape index (κ3) is 2.78. The molecule has 2 atom stereocenters. The summed E-state index contributed by atoms with van der Waals surface area (Å²) < 4.78 is 5.69. The van der Waals surface area contributed by atoms with Gasteiger partial charge in [-0.15, -0.1) is 0 Å². The summed E-state index contributed by atoms with van der Waals surface area (Å²) in [4.78, 5) is 21.0. The van der Waals surface area contributed by atoms with Crippen molar-refractivity contribution in [3.63, 3.8) is 0 Å². The molecule has 1 unspecified atom stereocenters. The highest BCUT2D eigenvalue weighted by Crippen LogP contribution is 2.38. The summed E-state index contributed by atoms with van der Waals surface area (Å²) >= 11 is 0. The van der Waals surface area contributed by atoms with Crippen LogP contribution in [-0.4, -0.2) is 41.7 Å². The molecule has 4 rings (SSSR count). The van der Waals surface area contributed by atoms with E-state index in [1.54, 1.807) is 0 Å². The van der Waals surface area contributed by atoms with Gasteiger partial charge in [0.05, 0.1) is 36.0 Å². The van der Waals surface area contributed by atoms with Crippen LogP contribution in [0.3, 0.4) is 0 Å². The van der Waals surface area contributed by atoms with Crippen molar-refractivity contribution in [3.05, 3.63) is 42.1 Å². The number of fused-ring (bicyclic) bond motifs is 1. The Hall–Kier alpha value is -2.98. The number of carbonyl (C=O) groups is 1. The summed E-state index contributed by atoms with van der Waals surface area (Å²) in [6.45, 7) is 1.12. The summed E-state index contributed by atoms with van der Waals surface area (Å²) in [5.41, 5.74) is 4.31. The van der Waals surface area contributed by atoms with Crippen molar-refractivity contribution in [1.29, 1.82) is 5.26 Å². The standard InChI is InChI=1S/C19H19N5O2/c20-10-9-19(8-4-12-26-13-19)24-15-7-11-21-18(25)16(15)17(23-24)22-14-5-2-1-3-6-14/h1-3,5-7,11,16H,4,8-9,12-13H2,(H,22,23)/t16?,19-/m0/s1. The van der Waals surface area contributed by atoms with E-state index in [1.807, 2.05) is 41.4 Å². The monoisotopic (exact) mass is 349 g/mol. The van der Waals surface area contributed by atoms with Crippen molar-refractivity contribution >= 4 is 23.6 Å². The molecule has 26 heavy (non-hydrogen) atoms. The van der Waals surface area contributed by atoms with Gasteiger partial charge in [-0.2, -0.15) is 5.26 Å². The summed E-state index contributed by atoms with van der Waals surface area (Å²) in [5.74, 6) is -0.291. The number of amidine groups is 1. The molecule has 7 heteroatoms. The first kappa shape index (κ1) is 16.5. The quantitative estimate of drug-likeness (QED) is 0.903. The molecule has 132 valence electrons. The highest BCUT2D eigenvalue weighted by molar-refractivity contribution is 6.12. The molecule has 0 aromatic heterocycles. The number of nitrogens with one attached hydrogen (secondary N) is 1. The number of ether oxygens (including phenoxy) is 1. The number of allylic oxidation sites excluding steroid dienone is 1. The molecule has 1 N–H and O–H groups in total. The number of benzene rings is 1. The van der Waals surface area contributed by atoms with Crippen LogP contribution < -0.4 is 5.43 Å². The predicted molar refractivity (Wildman–Crippen MR) is 96.6 cm³/mol. The highest BCUT2D eigenvalue weighted by Gasteiger charge is 2.49. The molecule has 1 aromatic rings. The lowest BCUT2D eigenvalue weighted by molar-refractivity contribution is -0.119. The molecule has 1 aromatic carbocycles.